The van der Waals surface area contributed by atoms with Crippen molar-refractivity contribution in [1.29, 1.82) is 0 Å². The van der Waals surface area contributed by atoms with Crippen LogP contribution in [0.2, 0.25) is 0 Å². The van der Waals surface area contributed by atoms with E-state index in [0.29, 0.717) is 18.9 Å². The number of carbonyl (C=O) groups excluding carboxylic acids is 1. The summed E-state index contributed by atoms with van der Waals surface area (Å²) in [5.74, 6) is 0.607. The lowest BCUT2D eigenvalue weighted by Crippen LogP contribution is -2.39. The Kier molecular flexibility index (Phi) is 3.24. The smallest absolute Gasteiger partial charge is 0.226 e. The summed E-state index contributed by atoms with van der Waals surface area (Å²) in [6, 6.07) is 1.99. The Hall–Kier alpha value is -1.36. The van der Waals surface area contributed by atoms with Crippen LogP contribution in [-0.4, -0.2) is 28.7 Å². The van der Waals surface area contributed by atoms with Crippen LogP contribution in [-0.2, 0) is 11.2 Å². The molecule has 1 aliphatic carbocycles. The van der Waals surface area contributed by atoms with Crippen LogP contribution in [0.3, 0.4) is 0 Å². The van der Waals surface area contributed by atoms with Crippen molar-refractivity contribution >= 4 is 5.91 Å². The number of aryl methyl sites for hydroxylation is 1. The first-order valence-electron chi connectivity index (χ1n) is 5.68. The van der Waals surface area contributed by atoms with Crippen molar-refractivity contribution in [1.82, 2.24) is 15.5 Å². The predicted octanol–water partition coefficient (Wildman–Crippen LogP) is 0.114. The van der Waals surface area contributed by atoms with Crippen molar-refractivity contribution < 1.29 is 4.79 Å². The number of rotatable bonds is 5. The van der Waals surface area contributed by atoms with Gasteiger partial charge in [0.1, 0.15) is 0 Å². The van der Waals surface area contributed by atoms with Gasteiger partial charge in [-0.1, -0.05) is 0 Å². The highest BCUT2D eigenvalue weighted by molar-refractivity contribution is 5.78. The minimum atomic E-state index is -0.0115. The van der Waals surface area contributed by atoms with Crippen LogP contribution in [0.5, 0.6) is 0 Å². The highest BCUT2D eigenvalue weighted by atomic mass is 16.1. The molecule has 1 amide bonds. The Balaban J connectivity index is 1.71. The standard InChI is InChI=1S/C11H18N4O/c1-7-4-9(15-14-7)5-11(16)13-6-10(12)8-2-3-8/h4,8,10H,2-3,5-6,12H2,1H3,(H,13,16)(H,14,15). The first kappa shape index (κ1) is 11.1. The maximum Gasteiger partial charge on any atom is 0.226 e. The molecule has 1 fully saturated rings. The molecular formula is C11H18N4O. The zero-order chi connectivity index (χ0) is 11.5. The molecule has 5 heteroatoms. The van der Waals surface area contributed by atoms with Crippen molar-refractivity contribution in [3.63, 3.8) is 0 Å². The first-order chi connectivity index (χ1) is 7.65. The van der Waals surface area contributed by atoms with Gasteiger partial charge in [-0.25, -0.2) is 0 Å². The van der Waals surface area contributed by atoms with E-state index in [1.165, 1.54) is 12.8 Å². The Morgan fingerprint density at radius 1 is 1.75 bits per heavy atom. The van der Waals surface area contributed by atoms with Gasteiger partial charge in [0.05, 0.1) is 12.1 Å². The van der Waals surface area contributed by atoms with Gasteiger partial charge >= 0.3 is 0 Å². The van der Waals surface area contributed by atoms with Crippen LogP contribution in [0.15, 0.2) is 6.07 Å². The summed E-state index contributed by atoms with van der Waals surface area (Å²) in [5.41, 5.74) is 7.63. The molecule has 1 atom stereocenters. The van der Waals surface area contributed by atoms with Crippen LogP contribution in [0, 0.1) is 12.8 Å². The molecule has 4 N–H and O–H groups in total. The molecule has 5 nitrogen and oxygen atoms in total. The number of aromatic nitrogens is 2. The Bertz CT molecular complexity index is 370. The van der Waals surface area contributed by atoms with Crippen LogP contribution in [0.1, 0.15) is 24.2 Å². The number of nitrogens with zero attached hydrogens (tertiary/aromatic N) is 1. The second kappa shape index (κ2) is 4.65. The molecule has 1 heterocycles. The molecule has 1 aromatic rings. The van der Waals surface area contributed by atoms with Crippen molar-refractivity contribution in [3.05, 3.63) is 17.5 Å². The third-order valence-corrected chi connectivity index (χ3v) is 2.86. The Labute approximate surface area is 94.8 Å². The van der Waals surface area contributed by atoms with Gasteiger partial charge in [-0.2, -0.15) is 5.10 Å². The fraction of sp³-hybridized carbons (Fsp3) is 0.636. The average molecular weight is 222 g/mol. The number of H-pyrrole nitrogens is 1. The van der Waals surface area contributed by atoms with Crippen LogP contribution in [0.25, 0.3) is 0 Å². The van der Waals surface area contributed by atoms with Crippen LogP contribution >= 0.6 is 0 Å². The molecule has 0 aromatic carbocycles. The van der Waals surface area contributed by atoms with Gasteiger partial charge in [0, 0.05) is 18.3 Å². The second-order valence-electron chi connectivity index (χ2n) is 4.52. The first-order valence-corrected chi connectivity index (χ1v) is 5.68. The predicted molar refractivity (Wildman–Crippen MR) is 60.7 cm³/mol. The van der Waals surface area contributed by atoms with E-state index in [4.69, 9.17) is 5.73 Å². The van der Waals surface area contributed by atoms with Crippen molar-refractivity contribution in [2.75, 3.05) is 6.54 Å². The third kappa shape index (κ3) is 3.06. The molecule has 16 heavy (non-hydrogen) atoms. The van der Waals surface area contributed by atoms with Gasteiger partial charge in [0.15, 0.2) is 0 Å². The summed E-state index contributed by atoms with van der Waals surface area (Å²) in [6.07, 6.45) is 2.73. The fourth-order valence-electron chi connectivity index (χ4n) is 1.71. The summed E-state index contributed by atoms with van der Waals surface area (Å²) in [4.78, 5) is 11.5. The lowest BCUT2D eigenvalue weighted by atomic mass is 10.2. The Morgan fingerprint density at radius 3 is 3.06 bits per heavy atom. The van der Waals surface area contributed by atoms with E-state index in [1.807, 2.05) is 13.0 Å². The number of hydrogen-bond acceptors (Lipinski definition) is 3. The van der Waals surface area contributed by atoms with E-state index in [-0.39, 0.29) is 11.9 Å². The molecule has 88 valence electrons. The molecule has 1 unspecified atom stereocenters. The molecule has 1 aromatic heterocycles. The maximum atomic E-state index is 11.5. The average Bonchev–Trinajstić information content (AvgIpc) is 3.01. The van der Waals surface area contributed by atoms with Gasteiger partial charge in [0.25, 0.3) is 0 Å². The number of amides is 1. The largest absolute Gasteiger partial charge is 0.354 e. The van der Waals surface area contributed by atoms with E-state index in [9.17, 15) is 4.79 Å². The summed E-state index contributed by atoms with van der Waals surface area (Å²) < 4.78 is 0. The zero-order valence-corrected chi connectivity index (χ0v) is 9.49. The molecule has 1 saturated carbocycles. The Morgan fingerprint density at radius 2 is 2.50 bits per heavy atom. The van der Waals surface area contributed by atoms with Gasteiger partial charge in [-0.15, -0.1) is 0 Å². The minimum Gasteiger partial charge on any atom is -0.354 e. The molecule has 0 spiro atoms. The van der Waals surface area contributed by atoms with E-state index in [2.05, 4.69) is 15.5 Å². The number of aromatic amines is 1. The number of nitrogens with two attached hydrogens (primary N) is 1. The summed E-state index contributed by atoms with van der Waals surface area (Å²) in [7, 11) is 0. The summed E-state index contributed by atoms with van der Waals surface area (Å²) >= 11 is 0. The SMILES string of the molecule is Cc1cc(CC(=O)NCC(N)C2CC2)n[nH]1. The molecule has 2 rings (SSSR count). The quantitative estimate of drug-likeness (QED) is 0.661. The number of nitrogens with one attached hydrogen (secondary N) is 2. The third-order valence-electron chi connectivity index (χ3n) is 2.86. The highest BCUT2D eigenvalue weighted by Gasteiger charge is 2.28. The highest BCUT2D eigenvalue weighted by Crippen LogP contribution is 2.31. The summed E-state index contributed by atoms with van der Waals surface area (Å²) in [5, 5.41) is 9.67. The molecule has 0 saturated heterocycles. The lowest BCUT2D eigenvalue weighted by molar-refractivity contribution is -0.120. The van der Waals surface area contributed by atoms with E-state index >= 15 is 0 Å². The molecular weight excluding hydrogens is 204 g/mol. The number of carbonyl (C=O) groups is 1. The van der Waals surface area contributed by atoms with Crippen molar-refractivity contribution in [2.45, 2.75) is 32.2 Å². The molecule has 0 radical (unpaired) electrons. The molecule has 0 aliphatic heterocycles. The molecule has 0 bridgehead atoms. The minimum absolute atomic E-state index is 0.0115. The van der Waals surface area contributed by atoms with Crippen LogP contribution in [0.4, 0.5) is 0 Å². The van der Waals surface area contributed by atoms with Gasteiger partial charge in [-0.3, -0.25) is 9.89 Å². The zero-order valence-electron chi connectivity index (χ0n) is 9.49. The van der Waals surface area contributed by atoms with Crippen molar-refractivity contribution in [2.24, 2.45) is 11.7 Å². The second-order valence-corrected chi connectivity index (χ2v) is 4.52. The van der Waals surface area contributed by atoms with Crippen LogP contribution < -0.4 is 11.1 Å². The normalized spacial score (nSPS) is 17.1. The van der Waals surface area contributed by atoms with Gasteiger partial charge < -0.3 is 11.1 Å². The fourth-order valence-corrected chi connectivity index (χ4v) is 1.71. The van der Waals surface area contributed by atoms with E-state index in [0.717, 1.165) is 11.4 Å². The van der Waals surface area contributed by atoms with Gasteiger partial charge in [-0.05, 0) is 31.7 Å². The van der Waals surface area contributed by atoms with Gasteiger partial charge in [0.2, 0.25) is 5.91 Å². The van der Waals surface area contributed by atoms with E-state index < -0.39 is 0 Å². The maximum absolute atomic E-state index is 11.5. The van der Waals surface area contributed by atoms with Crippen molar-refractivity contribution in [3.8, 4) is 0 Å². The molecule has 1 aliphatic rings. The number of hydrogen-bond donors (Lipinski definition) is 3. The summed E-state index contributed by atoms with van der Waals surface area (Å²) in [6.45, 7) is 2.49. The lowest BCUT2D eigenvalue weighted by Gasteiger charge is -2.10. The van der Waals surface area contributed by atoms with E-state index in [1.54, 1.807) is 0 Å². The monoisotopic (exact) mass is 222 g/mol. The topological polar surface area (TPSA) is 83.8 Å².